The van der Waals surface area contributed by atoms with Gasteiger partial charge in [0.1, 0.15) is 0 Å². The number of nitrogens with zero attached hydrogens (tertiary/aromatic N) is 1. The van der Waals surface area contributed by atoms with Gasteiger partial charge in [-0.3, -0.25) is 0 Å². The van der Waals surface area contributed by atoms with Crippen molar-refractivity contribution in [1.29, 1.82) is 0 Å². The summed E-state index contributed by atoms with van der Waals surface area (Å²) in [6.07, 6.45) is 0.937. The fourth-order valence-electron chi connectivity index (χ4n) is 2.68. The average Bonchev–Trinajstić information content (AvgIpc) is 2.93. The molecule has 0 saturated heterocycles. The number of nitrogens with one attached hydrogen (secondary N) is 1. The van der Waals surface area contributed by atoms with E-state index in [9.17, 15) is 17.2 Å². The third-order valence-electron chi connectivity index (χ3n) is 3.86. The predicted octanol–water partition coefficient (Wildman–Crippen LogP) is 2.31. The summed E-state index contributed by atoms with van der Waals surface area (Å²) in [6, 6.07) is 10.5. The van der Waals surface area contributed by atoms with Gasteiger partial charge in [0.15, 0.2) is 11.6 Å². The molecule has 0 fully saturated rings. The third-order valence-corrected chi connectivity index (χ3v) is 5.32. The van der Waals surface area contributed by atoms with Crippen LogP contribution in [0.2, 0.25) is 0 Å². The molecular weight excluding hydrogens is 322 g/mol. The van der Waals surface area contributed by atoms with Crippen LogP contribution in [0.1, 0.15) is 5.56 Å². The van der Waals surface area contributed by atoms with Crippen LogP contribution < -0.4 is 9.62 Å². The number of hydrogen-bond donors (Lipinski definition) is 1. The molecule has 122 valence electrons. The molecule has 0 atom stereocenters. The molecule has 2 aromatic carbocycles. The summed E-state index contributed by atoms with van der Waals surface area (Å²) in [5.74, 6) is -2.25. The van der Waals surface area contributed by atoms with Gasteiger partial charge in [-0.25, -0.2) is 21.9 Å². The molecule has 1 N–H and O–H groups in total. The van der Waals surface area contributed by atoms with Gasteiger partial charge < -0.3 is 4.90 Å². The van der Waals surface area contributed by atoms with Crippen molar-refractivity contribution in [1.82, 2.24) is 4.72 Å². The molecular formula is C16H16F2N2O2S. The highest BCUT2D eigenvalue weighted by molar-refractivity contribution is 7.89. The molecule has 0 aromatic heterocycles. The van der Waals surface area contributed by atoms with E-state index in [4.69, 9.17) is 0 Å². The Morgan fingerprint density at radius 2 is 1.87 bits per heavy atom. The van der Waals surface area contributed by atoms with Crippen molar-refractivity contribution < 1.29 is 17.2 Å². The maximum Gasteiger partial charge on any atom is 0.240 e. The quantitative estimate of drug-likeness (QED) is 0.910. The van der Waals surface area contributed by atoms with Gasteiger partial charge in [0.2, 0.25) is 10.0 Å². The predicted molar refractivity (Wildman–Crippen MR) is 83.9 cm³/mol. The van der Waals surface area contributed by atoms with Gasteiger partial charge in [-0.15, -0.1) is 0 Å². The van der Waals surface area contributed by atoms with Gasteiger partial charge in [-0.2, -0.15) is 0 Å². The minimum Gasteiger partial charge on any atom is -0.370 e. The molecule has 4 nitrogen and oxygen atoms in total. The highest BCUT2D eigenvalue weighted by Gasteiger charge is 2.20. The molecule has 0 spiro atoms. The van der Waals surface area contributed by atoms with Crippen LogP contribution in [-0.2, 0) is 16.4 Å². The molecule has 0 unspecified atom stereocenters. The molecule has 1 heterocycles. The topological polar surface area (TPSA) is 49.4 Å². The van der Waals surface area contributed by atoms with Gasteiger partial charge in [-0.1, -0.05) is 18.2 Å². The van der Waals surface area contributed by atoms with Crippen molar-refractivity contribution >= 4 is 15.7 Å². The van der Waals surface area contributed by atoms with Gasteiger partial charge >= 0.3 is 0 Å². The molecule has 1 aliphatic rings. The number of fused-ring (bicyclic) bond motifs is 1. The molecule has 2 aromatic rings. The highest BCUT2D eigenvalue weighted by Crippen LogP contribution is 2.26. The largest absolute Gasteiger partial charge is 0.370 e. The minimum atomic E-state index is -3.85. The number of rotatable bonds is 5. The van der Waals surface area contributed by atoms with E-state index >= 15 is 0 Å². The molecule has 23 heavy (non-hydrogen) atoms. The zero-order chi connectivity index (χ0) is 16.4. The maximum atomic E-state index is 13.2. The summed E-state index contributed by atoms with van der Waals surface area (Å²) in [5.41, 5.74) is 2.36. The summed E-state index contributed by atoms with van der Waals surface area (Å²) >= 11 is 0. The van der Waals surface area contributed by atoms with Crippen LogP contribution in [0, 0.1) is 11.6 Å². The molecule has 0 saturated carbocycles. The lowest BCUT2D eigenvalue weighted by atomic mass is 10.2. The van der Waals surface area contributed by atoms with E-state index in [2.05, 4.69) is 15.7 Å². The first kappa shape index (κ1) is 15.9. The van der Waals surface area contributed by atoms with E-state index in [0.29, 0.717) is 12.6 Å². The third kappa shape index (κ3) is 3.35. The van der Waals surface area contributed by atoms with Crippen LogP contribution >= 0.6 is 0 Å². The number of anilines is 1. The number of halogens is 2. The Morgan fingerprint density at radius 1 is 1.09 bits per heavy atom. The lowest BCUT2D eigenvalue weighted by molar-refractivity contribution is 0.504. The molecule has 0 radical (unpaired) electrons. The molecule has 7 heteroatoms. The first-order valence-electron chi connectivity index (χ1n) is 7.25. The van der Waals surface area contributed by atoms with Gasteiger partial charge in [0.05, 0.1) is 4.90 Å². The Hall–Kier alpha value is -1.99. The van der Waals surface area contributed by atoms with Crippen molar-refractivity contribution in [2.75, 3.05) is 24.5 Å². The lowest BCUT2D eigenvalue weighted by Gasteiger charge is -2.19. The Morgan fingerprint density at radius 3 is 2.65 bits per heavy atom. The zero-order valence-electron chi connectivity index (χ0n) is 12.3. The van der Waals surface area contributed by atoms with Gasteiger partial charge in [-0.05, 0) is 36.2 Å². The fraction of sp³-hybridized carbons (Fsp3) is 0.250. The Kier molecular flexibility index (Phi) is 4.32. The van der Waals surface area contributed by atoms with Crippen LogP contribution in [0.25, 0.3) is 0 Å². The Labute approximate surface area is 133 Å². The van der Waals surface area contributed by atoms with E-state index in [-0.39, 0.29) is 11.4 Å². The average molecular weight is 338 g/mol. The van der Waals surface area contributed by atoms with E-state index < -0.39 is 21.7 Å². The summed E-state index contributed by atoms with van der Waals surface area (Å²) in [5, 5.41) is 0. The number of hydrogen-bond acceptors (Lipinski definition) is 3. The second-order valence-corrected chi connectivity index (χ2v) is 7.11. The van der Waals surface area contributed by atoms with Crippen molar-refractivity contribution in [2.45, 2.75) is 11.3 Å². The van der Waals surface area contributed by atoms with Crippen LogP contribution in [0.15, 0.2) is 47.4 Å². The van der Waals surface area contributed by atoms with Gasteiger partial charge in [0, 0.05) is 25.3 Å². The monoisotopic (exact) mass is 338 g/mol. The van der Waals surface area contributed by atoms with E-state index in [1.165, 1.54) is 5.56 Å². The van der Waals surface area contributed by atoms with Crippen LogP contribution in [-0.4, -0.2) is 28.1 Å². The van der Waals surface area contributed by atoms with E-state index in [1.54, 1.807) is 0 Å². The zero-order valence-corrected chi connectivity index (χ0v) is 13.1. The summed E-state index contributed by atoms with van der Waals surface area (Å²) in [6.45, 7) is 1.54. The van der Waals surface area contributed by atoms with Crippen LogP contribution in [0.4, 0.5) is 14.5 Å². The van der Waals surface area contributed by atoms with Crippen molar-refractivity contribution in [3.05, 3.63) is 59.7 Å². The second-order valence-electron chi connectivity index (χ2n) is 5.34. The standard InChI is InChI=1S/C16H16F2N2O2S/c17-14-6-5-13(11-15(14)18)23(21,22)19-8-10-20-9-7-12-3-1-2-4-16(12)20/h1-6,11,19H,7-10H2. The molecule has 1 aliphatic heterocycles. The first-order chi connectivity index (χ1) is 11.0. The SMILES string of the molecule is O=S(=O)(NCCN1CCc2ccccc21)c1ccc(F)c(F)c1. The van der Waals surface area contributed by atoms with Gasteiger partial charge in [0.25, 0.3) is 0 Å². The Bertz CT molecular complexity index is 825. The smallest absolute Gasteiger partial charge is 0.240 e. The van der Waals surface area contributed by atoms with Crippen molar-refractivity contribution in [3.8, 4) is 0 Å². The molecule has 0 aliphatic carbocycles. The summed E-state index contributed by atoms with van der Waals surface area (Å²) < 4.78 is 52.7. The van der Waals surface area contributed by atoms with Crippen molar-refractivity contribution in [2.24, 2.45) is 0 Å². The number of sulfonamides is 1. The lowest BCUT2D eigenvalue weighted by Crippen LogP contribution is -2.34. The highest BCUT2D eigenvalue weighted by atomic mass is 32.2. The molecule has 0 bridgehead atoms. The van der Waals surface area contributed by atoms with Crippen molar-refractivity contribution in [3.63, 3.8) is 0 Å². The summed E-state index contributed by atoms with van der Waals surface area (Å²) in [7, 11) is -3.85. The number of benzene rings is 2. The fourth-order valence-corrected chi connectivity index (χ4v) is 3.71. The van der Waals surface area contributed by atoms with Crippen LogP contribution in [0.3, 0.4) is 0 Å². The minimum absolute atomic E-state index is 0.190. The van der Waals surface area contributed by atoms with Crippen LogP contribution in [0.5, 0.6) is 0 Å². The first-order valence-corrected chi connectivity index (χ1v) is 8.73. The maximum absolute atomic E-state index is 13.2. The van der Waals surface area contributed by atoms with E-state index in [0.717, 1.165) is 30.8 Å². The normalized spacial score (nSPS) is 14.1. The second kappa shape index (κ2) is 6.25. The summed E-state index contributed by atoms with van der Waals surface area (Å²) in [4.78, 5) is 1.82. The number of para-hydroxylation sites is 1. The Balaban J connectivity index is 1.63. The molecule has 0 amide bonds. The molecule has 3 rings (SSSR count). The van der Waals surface area contributed by atoms with E-state index in [1.807, 2.05) is 18.2 Å².